The molecule has 0 radical (unpaired) electrons. The van der Waals surface area contributed by atoms with E-state index >= 15 is 0 Å². The molecule has 1 aliphatic carbocycles. The lowest BCUT2D eigenvalue weighted by molar-refractivity contribution is 0.399. The van der Waals surface area contributed by atoms with Gasteiger partial charge in [-0.25, -0.2) is 4.98 Å². The standard InChI is InChI=1S/C17H29N3/c1-5-9-18-12-14-10-16(13(2)3)19-17(11-14)20(4)15-7-6-8-15/h10-11,13,15,18H,5-9,12H2,1-4H3. The second kappa shape index (κ2) is 7.07. The fourth-order valence-electron chi connectivity index (χ4n) is 2.54. The maximum atomic E-state index is 4.86. The van der Waals surface area contributed by atoms with Crippen LogP contribution in [0.15, 0.2) is 12.1 Å². The molecule has 0 aromatic carbocycles. The third kappa shape index (κ3) is 3.72. The van der Waals surface area contributed by atoms with Gasteiger partial charge in [0.1, 0.15) is 5.82 Å². The Morgan fingerprint density at radius 1 is 1.35 bits per heavy atom. The van der Waals surface area contributed by atoms with Gasteiger partial charge in [-0.15, -0.1) is 0 Å². The van der Waals surface area contributed by atoms with Crippen LogP contribution in [-0.4, -0.2) is 24.6 Å². The van der Waals surface area contributed by atoms with Crippen LogP contribution in [0, 0.1) is 0 Å². The first-order valence-electron chi connectivity index (χ1n) is 8.06. The van der Waals surface area contributed by atoms with E-state index in [1.54, 1.807) is 0 Å². The summed E-state index contributed by atoms with van der Waals surface area (Å²) in [4.78, 5) is 7.24. The highest BCUT2D eigenvalue weighted by atomic mass is 15.2. The lowest BCUT2D eigenvalue weighted by Crippen LogP contribution is -2.37. The largest absolute Gasteiger partial charge is 0.357 e. The monoisotopic (exact) mass is 275 g/mol. The summed E-state index contributed by atoms with van der Waals surface area (Å²) in [5.41, 5.74) is 2.57. The average molecular weight is 275 g/mol. The number of hydrogen-bond donors (Lipinski definition) is 1. The zero-order chi connectivity index (χ0) is 14.5. The Labute approximate surface area is 123 Å². The van der Waals surface area contributed by atoms with Gasteiger partial charge in [-0.1, -0.05) is 20.8 Å². The molecule has 1 aromatic rings. The summed E-state index contributed by atoms with van der Waals surface area (Å²) >= 11 is 0. The summed E-state index contributed by atoms with van der Waals surface area (Å²) in [6.07, 6.45) is 5.17. The minimum atomic E-state index is 0.481. The second-order valence-corrected chi connectivity index (χ2v) is 6.29. The molecular weight excluding hydrogens is 246 g/mol. The smallest absolute Gasteiger partial charge is 0.129 e. The highest BCUT2D eigenvalue weighted by Gasteiger charge is 2.23. The van der Waals surface area contributed by atoms with Gasteiger partial charge < -0.3 is 10.2 Å². The first-order valence-corrected chi connectivity index (χ1v) is 8.06. The van der Waals surface area contributed by atoms with Crippen LogP contribution in [-0.2, 0) is 6.54 Å². The number of pyridine rings is 1. The van der Waals surface area contributed by atoms with Crippen LogP contribution in [0.1, 0.15) is 63.6 Å². The highest BCUT2D eigenvalue weighted by molar-refractivity contribution is 5.44. The molecule has 0 bridgehead atoms. The molecular formula is C17H29N3. The van der Waals surface area contributed by atoms with Crippen molar-refractivity contribution >= 4 is 5.82 Å². The van der Waals surface area contributed by atoms with E-state index in [0.717, 1.165) is 18.9 Å². The first kappa shape index (κ1) is 15.3. The summed E-state index contributed by atoms with van der Waals surface area (Å²) in [6.45, 7) is 8.67. The SMILES string of the molecule is CCCNCc1cc(C(C)C)nc(N(C)C2CCC2)c1. The van der Waals surface area contributed by atoms with Crippen molar-refractivity contribution in [2.75, 3.05) is 18.5 Å². The van der Waals surface area contributed by atoms with E-state index in [0.29, 0.717) is 12.0 Å². The third-order valence-electron chi connectivity index (χ3n) is 4.22. The summed E-state index contributed by atoms with van der Waals surface area (Å²) < 4.78 is 0. The Morgan fingerprint density at radius 3 is 2.65 bits per heavy atom. The Kier molecular flexibility index (Phi) is 5.41. The minimum Gasteiger partial charge on any atom is -0.357 e. The lowest BCUT2D eigenvalue weighted by Gasteiger charge is -2.36. The molecule has 3 heteroatoms. The number of anilines is 1. The van der Waals surface area contributed by atoms with Crippen molar-refractivity contribution in [1.82, 2.24) is 10.3 Å². The van der Waals surface area contributed by atoms with Crippen molar-refractivity contribution in [2.24, 2.45) is 0 Å². The molecule has 2 rings (SSSR count). The van der Waals surface area contributed by atoms with Crippen LogP contribution in [0.5, 0.6) is 0 Å². The highest BCUT2D eigenvalue weighted by Crippen LogP contribution is 2.28. The molecule has 3 nitrogen and oxygen atoms in total. The van der Waals surface area contributed by atoms with Gasteiger partial charge in [-0.3, -0.25) is 0 Å². The van der Waals surface area contributed by atoms with Crippen LogP contribution in [0.2, 0.25) is 0 Å². The Balaban J connectivity index is 2.16. The normalized spacial score (nSPS) is 15.4. The van der Waals surface area contributed by atoms with Crippen LogP contribution in [0.3, 0.4) is 0 Å². The molecule has 1 fully saturated rings. The second-order valence-electron chi connectivity index (χ2n) is 6.29. The lowest BCUT2D eigenvalue weighted by atomic mass is 9.92. The maximum Gasteiger partial charge on any atom is 0.129 e. The van der Waals surface area contributed by atoms with Crippen LogP contribution in [0.25, 0.3) is 0 Å². The van der Waals surface area contributed by atoms with E-state index in [1.807, 2.05) is 0 Å². The molecule has 0 unspecified atom stereocenters. The van der Waals surface area contributed by atoms with E-state index in [9.17, 15) is 0 Å². The fraction of sp³-hybridized carbons (Fsp3) is 0.706. The number of nitrogens with zero attached hydrogens (tertiary/aromatic N) is 2. The van der Waals surface area contributed by atoms with Gasteiger partial charge >= 0.3 is 0 Å². The van der Waals surface area contributed by atoms with Crippen LogP contribution in [0.4, 0.5) is 5.82 Å². The van der Waals surface area contributed by atoms with Gasteiger partial charge in [0.2, 0.25) is 0 Å². The molecule has 0 amide bonds. The average Bonchev–Trinajstić information content (AvgIpc) is 2.36. The van der Waals surface area contributed by atoms with Crippen molar-refractivity contribution < 1.29 is 0 Å². The maximum absolute atomic E-state index is 4.86. The van der Waals surface area contributed by atoms with Gasteiger partial charge in [0, 0.05) is 25.3 Å². The van der Waals surface area contributed by atoms with Gasteiger partial charge in [0.05, 0.1) is 0 Å². The van der Waals surface area contributed by atoms with Gasteiger partial charge in [-0.05, 0) is 55.8 Å². The molecule has 1 heterocycles. The molecule has 0 saturated heterocycles. The molecule has 1 aromatic heterocycles. The zero-order valence-corrected chi connectivity index (χ0v) is 13.4. The van der Waals surface area contributed by atoms with Crippen molar-refractivity contribution in [2.45, 2.75) is 65.0 Å². The number of hydrogen-bond acceptors (Lipinski definition) is 3. The van der Waals surface area contributed by atoms with Crippen molar-refractivity contribution in [3.63, 3.8) is 0 Å². The number of aromatic nitrogens is 1. The molecule has 1 aliphatic rings. The summed E-state index contributed by atoms with van der Waals surface area (Å²) in [5.74, 6) is 1.63. The quantitative estimate of drug-likeness (QED) is 0.769. The molecule has 0 spiro atoms. The van der Waals surface area contributed by atoms with Crippen molar-refractivity contribution in [3.8, 4) is 0 Å². The predicted molar refractivity (Wildman–Crippen MR) is 86.4 cm³/mol. The molecule has 20 heavy (non-hydrogen) atoms. The van der Waals surface area contributed by atoms with E-state index in [1.165, 1.54) is 36.9 Å². The van der Waals surface area contributed by atoms with Crippen LogP contribution >= 0.6 is 0 Å². The van der Waals surface area contributed by atoms with Gasteiger partial charge in [0.25, 0.3) is 0 Å². The Hall–Kier alpha value is -1.09. The van der Waals surface area contributed by atoms with Crippen molar-refractivity contribution in [1.29, 1.82) is 0 Å². The third-order valence-corrected chi connectivity index (χ3v) is 4.22. The first-order chi connectivity index (χ1) is 9.61. The van der Waals surface area contributed by atoms with E-state index in [-0.39, 0.29) is 0 Å². The molecule has 1 N–H and O–H groups in total. The Bertz CT molecular complexity index is 424. The van der Waals surface area contributed by atoms with Crippen LogP contribution < -0.4 is 10.2 Å². The van der Waals surface area contributed by atoms with Crippen molar-refractivity contribution in [3.05, 3.63) is 23.4 Å². The van der Waals surface area contributed by atoms with Gasteiger partial charge in [-0.2, -0.15) is 0 Å². The number of nitrogens with one attached hydrogen (secondary N) is 1. The summed E-state index contributed by atoms with van der Waals surface area (Å²) in [6, 6.07) is 5.21. The topological polar surface area (TPSA) is 28.2 Å². The molecule has 1 saturated carbocycles. The molecule has 0 aliphatic heterocycles. The minimum absolute atomic E-state index is 0.481. The predicted octanol–water partition coefficient (Wildman–Crippen LogP) is 3.69. The van der Waals surface area contributed by atoms with E-state index in [2.05, 4.69) is 50.2 Å². The zero-order valence-electron chi connectivity index (χ0n) is 13.4. The van der Waals surface area contributed by atoms with E-state index < -0.39 is 0 Å². The molecule has 112 valence electrons. The molecule has 0 atom stereocenters. The Morgan fingerprint density at radius 2 is 2.10 bits per heavy atom. The fourth-order valence-corrected chi connectivity index (χ4v) is 2.54. The number of rotatable bonds is 7. The van der Waals surface area contributed by atoms with Gasteiger partial charge in [0.15, 0.2) is 0 Å². The van der Waals surface area contributed by atoms with E-state index in [4.69, 9.17) is 4.98 Å². The summed E-state index contributed by atoms with van der Waals surface area (Å²) in [7, 11) is 2.19. The summed E-state index contributed by atoms with van der Waals surface area (Å²) in [5, 5.41) is 3.49.